The molecule has 4 aromatic rings. The molecule has 0 radical (unpaired) electrons. The lowest BCUT2D eigenvalue weighted by atomic mass is 10.0. The van der Waals surface area contributed by atoms with Crippen LogP contribution in [-0.2, 0) is 41.6 Å². The third kappa shape index (κ3) is 16.7. The van der Waals surface area contributed by atoms with Crippen LogP contribution in [0.5, 0.6) is 0 Å². The zero-order chi connectivity index (χ0) is 49.8. The van der Waals surface area contributed by atoms with E-state index in [9.17, 15) is 33.9 Å². The molecule has 0 fully saturated rings. The van der Waals surface area contributed by atoms with Crippen LogP contribution < -0.4 is 66.7 Å². The maximum absolute atomic E-state index is 14.7. The Balaban J connectivity index is 1.65. The highest BCUT2D eigenvalue weighted by molar-refractivity contribution is 7.80. The summed E-state index contributed by atoms with van der Waals surface area (Å²) in [6.45, 7) is 0.474. The van der Waals surface area contributed by atoms with Crippen LogP contribution in [0.25, 0.3) is 21.8 Å². The monoisotopic (exact) mass is 961 g/mol. The number of carboxylic acids is 1. The minimum Gasteiger partial charge on any atom is -0.480 e. The fourth-order valence-electron chi connectivity index (χ4n) is 7.21. The van der Waals surface area contributed by atoms with Gasteiger partial charge in [-0.2, -0.15) is 12.6 Å². The number of H-pyrrole nitrogens is 2. The van der Waals surface area contributed by atoms with E-state index in [1.54, 1.807) is 12.4 Å². The molecule has 25 heteroatoms. The molecule has 22 N–H and O–H groups in total. The van der Waals surface area contributed by atoms with Crippen molar-refractivity contribution in [3.05, 3.63) is 72.1 Å². The zero-order valence-corrected chi connectivity index (χ0v) is 38.3. The molecule has 0 saturated heterocycles. The molecule has 0 aliphatic rings. The first-order valence-electron chi connectivity index (χ1n) is 21.8. The number of nitrogens with two attached hydrogens (primary N) is 7. The third-order valence-corrected chi connectivity index (χ3v) is 11.1. The predicted octanol–water partition coefficient (Wildman–Crippen LogP) is -2.64. The van der Waals surface area contributed by atoms with Crippen LogP contribution in [0.15, 0.2) is 75.9 Å². The number of aromatic amines is 2. The maximum atomic E-state index is 14.7. The number of carbonyl (C=O) groups is 6. The molecular formula is C43H63N17O7S. The summed E-state index contributed by atoms with van der Waals surface area (Å²) in [4.78, 5) is 100. The average molecular weight is 962 g/mol. The Kier molecular flexibility index (Phi) is 20.7. The summed E-state index contributed by atoms with van der Waals surface area (Å²) in [5.41, 5.74) is 41.5. The Bertz CT molecular complexity index is 2440. The summed E-state index contributed by atoms with van der Waals surface area (Å²) >= 11 is 4.28. The van der Waals surface area contributed by atoms with Crippen LogP contribution in [0, 0.1) is 0 Å². The molecule has 6 atom stereocenters. The van der Waals surface area contributed by atoms with E-state index in [0.29, 0.717) is 17.5 Å². The van der Waals surface area contributed by atoms with Gasteiger partial charge in [0.1, 0.15) is 30.2 Å². The third-order valence-electron chi connectivity index (χ3n) is 10.7. The van der Waals surface area contributed by atoms with Crippen molar-refractivity contribution in [1.82, 2.24) is 36.6 Å². The van der Waals surface area contributed by atoms with Crippen molar-refractivity contribution >= 4 is 87.8 Å². The Hall–Kier alpha value is -7.54. The molecule has 2 heterocycles. The Morgan fingerprint density at radius 2 is 0.897 bits per heavy atom. The van der Waals surface area contributed by atoms with Crippen LogP contribution in [0.1, 0.15) is 49.7 Å². The standard InChI is InChI=1S/C43H63N17O7S/c44-27(10-5-15-51-41(45)46)35(61)56-30(13-6-16-52-42(47)48)36(62)58-32(18-23-20-54-28-11-3-1-8-25(23)28)37(63)59-33(19-24-21-55-29-12-4-2-9-26(24)29)38(64)60-34(22-68)39(65)57-31(40(66)67)14-7-17-53-43(49)50/h1-4,8-9,11-12,20-21,27,30-34,54-55,68H,5-7,10,13-19,22,44H2,(H,56,61)(H,57,65)(H,58,62)(H,59,63)(H,60,64)(H,66,67)(H4,45,46,51)(H4,47,48,52)(H4,49,50,53)/t27-,30-,31-,32-,33-,34-/m0/s1. The molecule has 0 aliphatic heterocycles. The van der Waals surface area contributed by atoms with Gasteiger partial charge in [0.05, 0.1) is 6.04 Å². The number of aliphatic carboxylic acids is 1. The Labute approximate surface area is 397 Å². The quantitative estimate of drug-likeness (QED) is 0.0120. The highest BCUT2D eigenvalue weighted by Crippen LogP contribution is 2.21. The van der Waals surface area contributed by atoms with Gasteiger partial charge in [-0.3, -0.25) is 38.9 Å². The minimum absolute atomic E-state index is 0.0256. The summed E-state index contributed by atoms with van der Waals surface area (Å²) in [5, 5.41) is 24.7. The van der Waals surface area contributed by atoms with E-state index in [1.165, 1.54) is 0 Å². The number of fused-ring (bicyclic) bond motifs is 2. The number of hydrogen-bond acceptors (Lipinski definition) is 11. The molecular weight excluding hydrogens is 899 g/mol. The summed E-state index contributed by atoms with van der Waals surface area (Å²) in [5.74, 6) is -5.84. The highest BCUT2D eigenvalue weighted by Gasteiger charge is 2.33. The number of para-hydroxylation sites is 2. The molecule has 4 rings (SSSR count). The highest BCUT2D eigenvalue weighted by atomic mass is 32.1. The van der Waals surface area contributed by atoms with Crippen LogP contribution >= 0.6 is 12.6 Å². The van der Waals surface area contributed by atoms with Gasteiger partial charge in [0, 0.05) is 72.4 Å². The van der Waals surface area contributed by atoms with Crippen LogP contribution in [0.3, 0.4) is 0 Å². The zero-order valence-electron chi connectivity index (χ0n) is 37.4. The fourth-order valence-corrected chi connectivity index (χ4v) is 7.46. The van der Waals surface area contributed by atoms with Crippen LogP contribution in [0.4, 0.5) is 0 Å². The molecule has 2 aromatic carbocycles. The number of benzene rings is 2. The minimum atomic E-state index is -1.37. The summed E-state index contributed by atoms with van der Waals surface area (Å²) < 4.78 is 0. The number of amides is 5. The van der Waals surface area contributed by atoms with Crippen molar-refractivity contribution in [1.29, 1.82) is 0 Å². The first-order chi connectivity index (χ1) is 32.5. The van der Waals surface area contributed by atoms with Crippen LogP contribution in [0.2, 0.25) is 0 Å². The van der Waals surface area contributed by atoms with E-state index < -0.39 is 71.8 Å². The number of aliphatic imine (C=N–C) groups is 3. The molecule has 68 heavy (non-hydrogen) atoms. The number of carboxylic acid groups (broad SMARTS) is 1. The molecule has 0 aliphatic carbocycles. The van der Waals surface area contributed by atoms with Crippen molar-refractivity contribution < 1.29 is 33.9 Å². The van der Waals surface area contributed by atoms with E-state index in [-0.39, 0.29) is 88.2 Å². The normalized spacial score (nSPS) is 13.7. The molecule has 24 nitrogen and oxygen atoms in total. The SMILES string of the molecule is NC(N)=NCCC[C@H](NC(=O)[C@H](CS)NC(=O)[C@H](Cc1c[nH]c2ccccc12)NC(=O)[C@H](Cc1c[nH]c2ccccc12)NC(=O)[C@H](CCCN=C(N)N)NC(=O)[C@@H](N)CCCN=C(N)N)C(=O)O. The maximum Gasteiger partial charge on any atom is 0.326 e. The second kappa shape index (κ2) is 26.6. The molecule has 0 bridgehead atoms. The second-order valence-electron chi connectivity index (χ2n) is 15.9. The summed E-state index contributed by atoms with van der Waals surface area (Å²) in [6.07, 6.45) is 4.25. The number of nitrogens with one attached hydrogen (secondary N) is 7. The van der Waals surface area contributed by atoms with E-state index >= 15 is 0 Å². The van der Waals surface area contributed by atoms with E-state index in [2.05, 4.69) is 64.2 Å². The molecule has 0 spiro atoms. The lowest BCUT2D eigenvalue weighted by molar-refractivity contribution is -0.142. The van der Waals surface area contributed by atoms with Gasteiger partial charge in [-0.05, 0) is 61.8 Å². The number of thiol groups is 1. The summed E-state index contributed by atoms with van der Waals surface area (Å²) in [6, 6.07) is 6.94. The van der Waals surface area contributed by atoms with Gasteiger partial charge in [0.15, 0.2) is 17.9 Å². The number of nitrogens with zero attached hydrogens (tertiary/aromatic N) is 3. The average Bonchev–Trinajstić information content (AvgIpc) is 3.91. The predicted molar refractivity (Wildman–Crippen MR) is 263 cm³/mol. The Morgan fingerprint density at radius 1 is 0.529 bits per heavy atom. The molecule has 368 valence electrons. The van der Waals surface area contributed by atoms with Crippen molar-refractivity contribution in [2.24, 2.45) is 55.1 Å². The van der Waals surface area contributed by atoms with Crippen molar-refractivity contribution in [2.75, 3.05) is 25.4 Å². The van der Waals surface area contributed by atoms with Crippen LogP contribution in [-0.4, -0.2) is 130 Å². The number of hydrogen-bond donors (Lipinski definition) is 16. The molecule has 5 amide bonds. The van der Waals surface area contributed by atoms with Gasteiger partial charge in [0.25, 0.3) is 0 Å². The van der Waals surface area contributed by atoms with E-state index in [4.69, 9.17) is 40.1 Å². The smallest absolute Gasteiger partial charge is 0.326 e. The fraction of sp³-hybridized carbons (Fsp3) is 0.419. The number of aromatic nitrogens is 2. The van der Waals surface area contributed by atoms with Crippen molar-refractivity contribution in [2.45, 2.75) is 87.6 Å². The van der Waals surface area contributed by atoms with E-state index in [0.717, 1.165) is 21.8 Å². The summed E-state index contributed by atoms with van der Waals surface area (Å²) in [7, 11) is 0. The number of carbonyl (C=O) groups excluding carboxylic acids is 5. The first-order valence-corrected chi connectivity index (χ1v) is 22.5. The van der Waals surface area contributed by atoms with Gasteiger partial charge in [-0.25, -0.2) is 4.79 Å². The van der Waals surface area contributed by atoms with Crippen molar-refractivity contribution in [3.63, 3.8) is 0 Å². The van der Waals surface area contributed by atoms with Gasteiger partial charge >= 0.3 is 5.97 Å². The topological polar surface area (TPSA) is 434 Å². The van der Waals surface area contributed by atoms with Crippen molar-refractivity contribution in [3.8, 4) is 0 Å². The Morgan fingerprint density at radius 3 is 1.34 bits per heavy atom. The molecule has 2 aromatic heterocycles. The second-order valence-corrected chi connectivity index (χ2v) is 16.3. The lowest BCUT2D eigenvalue weighted by Crippen LogP contribution is -2.60. The lowest BCUT2D eigenvalue weighted by Gasteiger charge is -2.27. The van der Waals surface area contributed by atoms with E-state index in [1.807, 2.05) is 48.5 Å². The van der Waals surface area contributed by atoms with Gasteiger partial charge in [-0.1, -0.05) is 36.4 Å². The number of guanidine groups is 3. The van der Waals surface area contributed by atoms with Gasteiger partial charge in [-0.15, -0.1) is 0 Å². The van der Waals surface area contributed by atoms with Gasteiger partial charge < -0.3 is 81.8 Å². The first kappa shape index (κ1) is 53.1. The van der Waals surface area contributed by atoms with Gasteiger partial charge in [0.2, 0.25) is 29.5 Å². The molecule has 0 saturated carbocycles. The number of rotatable bonds is 28. The molecule has 0 unspecified atom stereocenters. The largest absolute Gasteiger partial charge is 0.480 e.